The molecule has 2 aromatic carbocycles. The second-order valence-electron chi connectivity index (χ2n) is 5.25. The van der Waals surface area contributed by atoms with Gasteiger partial charge >= 0.3 is 0 Å². The predicted octanol–water partition coefficient (Wildman–Crippen LogP) is 5.50. The van der Waals surface area contributed by atoms with Crippen molar-refractivity contribution >= 4 is 47.1 Å². The van der Waals surface area contributed by atoms with Gasteiger partial charge in [-0.2, -0.15) is 5.10 Å². The Morgan fingerprint density at radius 2 is 1.88 bits per heavy atom. The summed E-state index contributed by atoms with van der Waals surface area (Å²) >= 11 is 13.2. The highest BCUT2D eigenvalue weighted by Gasteiger charge is 2.05. The molecular weight excluding hydrogens is 391 g/mol. The van der Waals surface area contributed by atoms with Crippen LogP contribution in [-0.4, -0.2) is 17.9 Å². The third-order valence-electron chi connectivity index (χ3n) is 3.30. The van der Waals surface area contributed by atoms with Crippen LogP contribution in [0.2, 0.25) is 10.0 Å². The van der Waals surface area contributed by atoms with Crippen LogP contribution < -0.4 is 5.43 Å². The Balaban J connectivity index is 1.50. The number of carbonyl (C=O) groups excluding carboxylic acids is 1. The zero-order chi connectivity index (χ0) is 18.4. The first-order valence-electron chi connectivity index (χ1n) is 7.66. The number of hydrazone groups is 1. The molecule has 0 saturated carbocycles. The lowest BCUT2D eigenvalue weighted by Gasteiger charge is -2.00. The fourth-order valence-electron chi connectivity index (χ4n) is 2.10. The monoisotopic (exact) mass is 404 g/mol. The molecular formula is C19H14Cl2N2O2S. The van der Waals surface area contributed by atoms with E-state index in [4.69, 9.17) is 27.6 Å². The minimum atomic E-state index is -0.206. The number of hydrogen-bond donors (Lipinski definition) is 1. The SMILES string of the molecule is O=C(CSc1ccc(Cl)cc1)N/N=C\c1ccc(-c2cccc(Cl)c2)o1. The van der Waals surface area contributed by atoms with Crippen molar-refractivity contribution in [2.24, 2.45) is 5.10 Å². The predicted molar refractivity (Wildman–Crippen MR) is 107 cm³/mol. The summed E-state index contributed by atoms with van der Waals surface area (Å²) in [5.74, 6) is 1.26. The first-order valence-corrected chi connectivity index (χ1v) is 9.40. The van der Waals surface area contributed by atoms with E-state index in [9.17, 15) is 4.79 Å². The Morgan fingerprint density at radius 1 is 1.08 bits per heavy atom. The lowest BCUT2D eigenvalue weighted by molar-refractivity contribution is -0.118. The maximum Gasteiger partial charge on any atom is 0.250 e. The van der Waals surface area contributed by atoms with Crippen LogP contribution in [0.3, 0.4) is 0 Å². The van der Waals surface area contributed by atoms with Crippen LogP contribution in [0.25, 0.3) is 11.3 Å². The van der Waals surface area contributed by atoms with E-state index in [1.165, 1.54) is 18.0 Å². The second kappa shape index (κ2) is 8.94. The van der Waals surface area contributed by atoms with Crippen molar-refractivity contribution in [3.63, 3.8) is 0 Å². The van der Waals surface area contributed by atoms with Crippen LogP contribution in [-0.2, 0) is 4.79 Å². The number of amides is 1. The molecule has 0 bridgehead atoms. The largest absolute Gasteiger partial charge is 0.455 e. The van der Waals surface area contributed by atoms with E-state index in [0.29, 0.717) is 21.6 Å². The van der Waals surface area contributed by atoms with E-state index in [0.717, 1.165) is 10.5 Å². The topological polar surface area (TPSA) is 54.6 Å². The highest BCUT2D eigenvalue weighted by molar-refractivity contribution is 8.00. The van der Waals surface area contributed by atoms with Crippen molar-refractivity contribution in [1.82, 2.24) is 5.43 Å². The van der Waals surface area contributed by atoms with Crippen molar-refractivity contribution in [2.45, 2.75) is 4.90 Å². The van der Waals surface area contributed by atoms with Crippen molar-refractivity contribution in [1.29, 1.82) is 0 Å². The van der Waals surface area contributed by atoms with Gasteiger partial charge in [0.2, 0.25) is 5.91 Å². The van der Waals surface area contributed by atoms with E-state index < -0.39 is 0 Å². The number of furan rings is 1. The second-order valence-corrected chi connectivity index (χ2v) is 7.17. The first kappa shape index (κ1) is 18.6. The van der Waals surface area contributed by atoms with Crippen molar-refractivity contribution in [3.8, 4) is 11.3 Å². The van der Waals surface area contributed by atoms with Gasteiger partial charge < -0.3 is 4.42 Å². The number of benzene rings is 2. The normalized spacial score (nSPS) is 11.0. The summed E-state index contributed by atoms with van der Waals surface area (Å²) in [4.78, 5) is 12.8. The van der Waals surface area contributed by atoms with E-state index >= 15 is 0 Å². The maximum atomic E-state index is 11.8. The summed E-state index contributed by atoms with van der Waals surface area (Å²) in [6.07, 6.45) is 1.46. The van der Waals surface area contributed by atoms with E-state index in [-0.39, 0.29) is 11.7 Å². The van der Waals surface area contributed by atoms with Gasteiger partial charge in [0, 0.05) is 20.5 Å². The number of nitrogens with zero attached hydrogens (tertiary/aromatic N) is 1. The molecule has 0 aliphatic heterocycles. The Kier molecular flexibility index (Phi) is 6.39. The molecule has 1 N–H and O–H groups in total. The highest BCUT2D eigenvalue weighted by Crippen LogP contribution is 2.24. The Bertz CT molecular complexity index is 923. The first-order chi connectivity index (χ1) is 12.6. The molecule has 0 fully saturated rings. The molecule has 1 aromatic heterocycles. The molecule has 26 heavy (non-hydrogen) atoms. The zero-order valence-corrected chi connectivity index (χ0v) is 15.8. The summed E-state index contributed by atoms with van der Waals surface area (Å²) in [7, 11) is 0. The fourth-order valence-corrected chi connectivity index (χ4v) is 3.11. The van der Waals surface area contributed by atoms with Crippen molar-refractivity contribution in [2.75, 3.05) is 5.75 Å². The maximum absolute atomic E-state index is 11.8. The molecule has 4 nitrogen and oxygen atoms in total. The Labute approximate surface area is 165 Å². The molecule has 1 amide bonds. The van der Waals surface area contributed by atoms with Gasteiger partial charge in [-0.1, -0.05) is 35.3 Å². The number of hydrogen-bond acceptors (Lipinski definition) is 4. The van der Waals surface area contributed by atoms with Crippen LogP contribution in [0.1, 0.15) is 5.76 Å². The third kappa shape index (κ3) is 5.39. The Hall–Kier alpha value is -2.21. The average Bonchev–Trinajstić information content (AvgIpc) is 3.10. The van der Waals surface area contributed by atoms with Crippen molar-refractivity contribution < 1.29 is 9.21 Å². The van der Waals surface area contributed by atoms with Crippen LogP contribution in [0.15, 0.2) is 75.1 Å². The van der Waals surface area contributed by atoms with E-state index in [1.54, 1.807) is 24.3 Å². The van der Waals surface area contributed by atoms with E-state index in [2.05, 4.69) is 10.5 Å². The van der Waals surface area contributed by atoms with Gasteiger partial charge in [-0.05, 0) is 48.5 Å². The molecule has 0 spiro atoms. The minimum Gasteiger partial charge on any atom is -0.455 e. The molecule has 0 radical (unpaired) electrons. The van der Waals surface area contributed by atoms with Gasteiger partial charge in [-0.15, -0.1) is 11.8 Å². The lowest BCUT2D eigenvalue weighted by atomic mass is 10.2. The van der Waals surface area contributed by atoms with Gasteiger partial charge in [-0.3, -0.25) is 4.79 Å². The van der Waals surface area contributed by atoms with E-state index in [1.807, 2.05) is 36.4 Å². The molecule has 7 heteroatoms. The smallest absolute Gasteiger partial charge is 0.250 e. The van der Waals surface area contributed by atoms with Gasteiger partial charge in [0.15, 0.2) is 0 Å². The summed E-state index contributed by atoms with van der Waals surface area (Å²) in [5.41, 5.74) is 3.35. The van der Waals surface area contributed by atoms with Crippen LogP contribution in [0, 0.1) is 0 Å². The summed E-state index contributed by atoms with van der Waals surface area (Å²) in [6.45, 7) is 0. The lowest BCUT2D eigenvalue weighted by Crippen LogP contribution is -2.19. The Morgan fingerprint density at radius 3 is 2.65 bits per heavy atom. The molecule has 132 valence electrons. The number of nitrogens with one attached hydrogen (secondary N) is 1. The van der Waals surface area contributed by atoms with Crippen molar-refractivity contribution in [3.05, 3.63) is 76.5 Å². The van der Waals surface area contributed by atoms with Crippen LogP contribution in [0.5, 0.6) is 0 Å². The molecule has 0 unspecified atom stereocenters. The zero-order valence-electron chi connectivity index (χ0n) is 13.5. The molecule has 0 atom stereocenters. The third-order valence-corrected chi connectivity index (χ3v) is 4.80. The van der Waals surface area contributed by atoms with Crippen LogP contribution in [0.4, 0.5) is 0 Å². The highest BCUT2D eigenvalue weighted by atomic mass is 35.5. The number of carbonyl (C=O) groups is 1. The molecule has 0 aliphatic rings. The van der Waals surface area contributed by atoms with Gasteiger partial charge in [0.25, 0.3) is 0 Å². The van der Waals surface area contributed by atoms with Gasteiger partial charge in [-0.25, -0.2) is 5.43 Å². The molecule has 3 aromatic rings. The fraction of sp³-hybridized carbons (Fsp3) is 0.0526. The summed E-state index contributed by atoms with van der Waals surface area (Å²) in [6, 6.07) is 18.3. The minimum absolute atomic E-state index is 0.206. The molecule has 3 rings (SSSR count). The number of rotatable bonds is 6. The van der Waals surface area contributed by atoms with Gasteiger partial charge in [0.1, 0.15) is 11.5 Å². The van der Waals surface area contributed by atoms with Gasteiger partial charge in [0.05, 0.1) is 12.0 Å². The number of thioether (sulfide) groups is 1. The molecule has 0 aliphatic carbocycles. The number of halogens is 2. The van der Waals surface area contributed by atoms with Crippen LogP contribution >= 0.6 is 35.0 Å². The molecule has 0 saturated heterocycles. The summed E-state index contributed by atoms with van der Waals surface area (Å²) in [5, 5.41) is 5.22. The molecule has 1 heterocycles. The summed E-state index contributed by atoms with van der Waals surface area (Å²) < 4.78 is 5.67. The average molecular weight is 405 g/mol. The quantitative estimate of drug-likeness (QED) is 0.335. The standard InChI is InChI=1S/C19H14Cl2N2O2S/c20-14-4-7-17(8-5-14)26-12-19(24)23-22-11-16-6-9-18(25-16)13-2-1-3-15(21)10-13/h1-11H,12H2,(H,23,24)/b22-11-.